The number of aryl methyl sites for hydroxylation is 1. The van der Waals surface area contributed by atoms with Crippen LogP contribution in [0.1, 0.15) is 32.1 Å². The third kappa shape index (κ3) is 4.07. The topological polar surface area (TPSA) is 84.9 Å². The molecule has 4 rings (SSSR count). The molecule has 1 aliphatic heterocycles. The number of nitrogens with one attached hydrogen (secondary N) is 1. The van der Waals surface area contributed by atoms with E-state index in [0.717, 1.165) is 62.0 Å². The monoisotopic (exact) mass is 361 g/mol. The summed E-state index contributed by atoms with van der Waals surface area (Å²) in [6.45, 7) is 6.51. The average molecular weight is 362 g/mol. The molecule has 0 spiro atoms. The first kappa shape index (κ1) is 17.1. The number of nitrogen functional groups attached to an aromatic ring is 1. The Morgan fingerprint density at radius 3 is 2.76 bits per heavy atom. The first-order valence-electron chi connectivity index (χ1n) is 9.38. The molecular formula is C17H27N7S. The highest BCUT2D eigenvalue weighted by atomic mass is 32.2. The Bertz CT molecular complexity index is 704. The van der Waals surface area contributed by atoms with E-state index >= 15 is 0 Å². The lowest BCUT2D eigenvalue weighted by Crippen LogP contribution is -2.43. The molecule has 1 saturated carbocycles. The summed E-state index contributed by atoms with van der Waals surface area (Å²) in [7, 11) is 0. The maximum absolute atomic E-state index is 6.13. The van der Waals surface area contributed by atoms with Gasteiger partial charge in [0, 0.05) is 38.0 Å². The standard InChI is InChI=1S/C17H27N7S/c18-15-14-16(22-17(21-15)25-13-4-1-2-5-13)24(12-20-14)9-3-8-23-10-6-19-7-11-23/h12-13,19H,1-11H2,(H2,18,21,22). The van der Waals surface area contributed by atoms with Crippen LogP contribution < -0.4 is 11.1 Å². The summed E-state index contributed by atoms with van der Waals surface area (Å²) in [6.07, 6.45) is 8.11. The van der Waals surface area contributed by atoms with E-state index in [1.165, 1.54) is 25.7 Å². The normalized spacial score (nSPS) is 19.8. The highest BCUT2D eigenvalue weighted by Gasteiger charge is 2.19. The number of anilines is 1. The van der Waals surface area contributed by atoms with Crippen LogP contribution in [0.4, 0.5) is 5.82 Å². The molecule has 0 unspecified atom stereocenters. The lowest BCUT2D eigenvalue weighted by molar-refractivity contribution is 0.235. The molecule has 1 aliphatic carbocycles. The maximum Gasteiger partial charge on any atom is 0.191 e. The minimum absolute atomic E-state index is 0.506. The number of piperazine rings is 1. The molecule has 2 fully saturated rings. The highest BCUT2D eigenvalue weighted by Crippen LogP contribution is 2.34. The maximum atomic E-state index is 6.13. The number of hydrogen-bond acceptors (Lipinski definition) is 7. The van der Waals surface area contributed by atoms with Crippen molar-refractivity contribution < 1.29 is 0 Å². The van der Waals surface area contributed by atoms with Gasteiger partial charge >= 0.3 is 0 Å². The summed E-state index contributed by atoms with van der Waals surface area (Å²) >= 11 is 1.78. The van der Waals surface area contributed by atoms with Crippen LogP contribution in [-0.2, 0) is 6.54 Å². The molecule has 8 heteroatoms. The van der Waals surface area contributed by atoms with E-state index < -0.39 is 0 Å². The van der Waals surface area contributed by atoms with Gasteiger partial charge in [-0.2, -0.15) is 0 Å². The lowest BCUT2D eigenvalue weighted by atomic mass is 10.3. The summed E-state index contributed by atoms with van der Waals surface area (Å²) in [6, 6.07) is 0. The zero-order valence-electron chi connectivity index (χ0n) is 14.7. The minimum Gasteiger partial charge on any atom is -0.382 e. The van der Waals surface area contributed by atoms with Crippen molar-refractivity contribution in [1.82, 2.24) is 29.7 Å². The fourth-order valence-corrected chi connectivity index (χ4v) is 4.87. The number of aromatic nitrogens is 4. The van der Waals surface area contributed by atoms with Crippen molar-refractivity contribution in [2.24, 2.45) is 0 Å². The van der Waals surface area contributed by atoms with Gasteiger partial charge in [0.2, 0.25) is 0 Å². The number of thioether (sulfide) groups is 1. The van der Waals surface area contributed by atoms with E-state index in [9.17, 15) is 0 Å². The van der Waals surface area contributed by atoms with Crippen LogP contribution in [0.2, 0.25) is 0 Å². The minimum atomic E-state index is 0.506. The molecule has 136 valence electrons. The number of fused-ring (bicyclic) bond motifs is 1. The quantitative estimate of drug-likeness (QED) is 0.758. The SMILES string of the molecule is Nc1nc(SC2CCCC2)nc2c1ncn2CCCN1CCNCC1. The van der Waals surface area contributed by atoms with Gasteiger partial charge in [0.25, 0.3) is 0 Å². The van der Waals surface area contributed by atoms with Gasteiger partial charge in [-0.15, -0.1) is 0 Å². The Labute approximate surface area is 152 Å². The molecule has 25 heavy (non-hydrogen) atoms. The van der Waals surface area contributed by atoms with E-state index in [-0.39, 0.29) is 0 Å². The molecule has 1 saturated heterocycles. The van der Waals surface area contributed by atoms with Crippen LogP contribution in [0.15, 0.2) is 11.5 Å². The van der Waals surface area contributed by atoms with Gasteiger partial charge in [-0.1, -0.05) is 24.6 Å². The first-order valence-corrected chi connectivity index (χ1v) is 10.3. The van der Waals surface area contributed by atoms with E-state index in [4.69, 9.17) is 10.7 Å². The Morgan fingerprint density at radius 2 is 1.96 bits per heavy atom. The van der Waals surface area contributed by atoms with E-state index in [1.54, 1.807) is 11.8 Å². The molecule has 3 heterocycles. The van der Waals surface area contributed by atoms with E-state index in [2.05, 4.69) is 24.8 Å². The zero-order chi connectivity index (χ0) is 17.1. The number of nitrogens with zero attached hydrogens (tertiary/aromatic N) is 5. The molecule has 0 amide bonds. The van der Waals surface area contributed by atoms with Gasteiger partial charge in [-0.25, -0.2) is 15.0 Å². The van der Waals surface area contributed by atoms with Crippen molar-refractivity contribution in [3.8, 4) is 0 Å². The van der Waals surface area contributed by atoms with Gasteiger partial charge in [0.05, 0.1) is 6.33 Å². The Morgan fingerprint density at radius 1 is 1.16 bits per heavy atom. The fraction of sp³-hybridized carbons (Fsp3) is 0.706. The summed E-state index contributed by atoms with van der Waals surface area (Å²) < 4.78 is 2.13. The largest absolute Gasteiger partial charge is 0.382 e. The predicted octanol–water partition coefficient (Wildman–Crippen LogP) is 1.74. The van der Waals surface area contributed by atoms with Gasteiger partial charge in [-0.05, 0) is 25.8 Å². The van der Waals surface area contributed by atoms with Crippen molar-refractivity contribution in [3.05, 3.63) is 6.33 Å². The smallest absolute Gasteiger partial charge is 0.191 e. The van der Waals surface area contributed by atoms with Crippen LogP contribution in [0.5, 0.6) is 0 Å². The van der Waals surface area contributed by atoms with Crippen molar-refractivity contribution in [3.63, 3.8) is 0 Å². The van der Waals surface area contributed by atoms with E-state index in [0.29, 0.717) is 11.1 Å². The number of nitrogens with two attached hydrogens (primary N) is 1. The third-order valence-corrected chi connectivity index (χ3v) is 6.33. The van der Waals surface area contributed by atoms with Crippen LogP contribution >= 0.6 is 11.8 Å². The lowest BCUT2D eigenvalue weighted by Gasteiger charge is -2.27. The second kappa shape index (κ2) is 7.88. The Balaban J connectivity index is 1.43. The summed E-state index contributed by atoms with van der Waals surface area (Å²) in [5, 5.41) is 4.84. The molecule has 3 N–H and O–H groups in total. The van der Waals surface area contributed by atoms with E-state index in [1.807, 2.05) is 6.33 Å². The highest BCUT2D eigenvalue weighted by molar-refractivity contribution is 7.99. The molecule has 0 bridgehead atoms. The molecule has 7 nitrogen and oxygen atoms in total. The average Bonchev–Trinajstić information content (AvgIpc) is 3.27. The van der Waals surface area contributed by atoms with Crippen LogP contribution in [0.3, 0.4) is 0 Å². The second-order valence-electron chi connectivity index (χ2n) is 6.97. The summed E-state index contributed by atoms with van der Waals surface area (Å²) in [4.78, 5) is 16.2. The summed E-state index contributed by atoms with van der Waals surface area (Å²) in [5.41, 5.74) is 7.75. The van der Waals surface area contributed by atoms with Gasteiger partial charge in [0.1, 0.15) is 5.52 Å². The Hall–Kier alpha value is -1.38. The van der Waals surface area contributed by atoms with Crippen molar-refractivity contribution >= 4 is 28.7 Å². The van der Waals surface area contributed by atoms with Gasteiger partial charge < -0.3 is 20.5 Å². The molecular weight excluding hydrogens is 334 g/mol. The van der Waals surface area contributed by atoms with Crippen molar-refractivity contribution in [2.45, 2.75) is 49.1 Å². The molecule has 0 aromatic carbocycles. The molecule has 0 atom stereocenters. The first-order chi connectivity index (χ1) is 12.3. The predicted molar refractivity (Wildman–Crippen MR) is 102 cm³/mol. The number of hydrogen-bond donors (Lipinski definition) is 2. The number of imidazole rings is 1. The molecule has 2 aliphatic rings. The van der Waals surface area contributed by atoms with Crippen LogP contribution in [0, 0.1) is 0 Å². The van der Waals surface area contributed by atoms with Crippen molar-refractivity contribution in [1.29, 1.82) is 0 Å². The second-order valence-corrected chi connectivity index (χ2v) is 8.24. The van der Waals surface area contributed by atoms with Crippen LogP contribution in [-0.4, -0.2) is 62.4 Å². The molecule has 2 aromatic rings. The van der Waals surface area contributed by atoms with Gasteiger partial charge in [-0.3, -0.25) is 0 Å². The fourth-order valence-electron chi connectivity index (χ4n) is 3.72. The molecule has 2 aromatic heterocycles. The Kier molecular flexibility index (Phi) is 5.38. The van der Waals surface area contributed by atoms with Gasteiger partial charge in [0.15, 0.2) is 16.6 Å². The van der Waals surface area contributed by atoms with Crippen molar-refractivity contribution in [2.75, 3.05) is 38.5 Å². The van der Waals surface area contributed by atoms with Crippen LogP contribution in [0.25, 0.3) is 11.2 Å². The third-order valence-electron chi connectivity index (χ3n) is 5.13. The zero-order valence-corrected chi connectivity index (χ0v) is 15.5. The number of rotatable bonds is 6. The molecule has 0 radical (unpaired) electrons. The summed E-state index contributed by atoms with van der Waals surface area (Å²) in [5.74, 6) is 0.506.